The van der Waals surface area contributed by atoms with E-state index in [4.69, 9.17) is 0 Å². The molecule has 1 aromatic heterocycles. The minimum atomic E-state index is 0.605. The predicted octanol–water partition coefficient (Wildman–Crippen LogP) is 4.20. The quantitative estimate of drug-likeness (QED) is 0.768. The fraction of sp³-hybridized carbons (Fsp3) is 0.0588. The molecule has 0 saturated carbocycles. The zero-order chi connectivity index (χ0) is 13.8. The third-order valence-electron chi connectivity index (χ3n) is 3.07. The molecule has 0 spiro atoms. The van der Waals surface area contributed by atoms with Crippen molar-refractivity contribution in [3.05, 3.63) is 72.6 Å². The maximum absolute atomic E-state index is 4.35. The van der Waals surface area contributed by atoms with Crippen LogP contribution >= 0.6 is 0 Å². The van der Waals surface area contributed by atoms with Crippen LogP contribution in [0.25, 0.3) is 11.1 Å². The summed E-state index contributed by atoms with van der Waals surface area (Å²) < 4.78 is 0. The van der Waals surface area contributed by atoms with Gasteiger partial charge in [-0.15, -0.1) is 0 Å². The molecule has 3 rings (SSSR count). The van der Waals surface area contributed by atoms with Gasteiger partial charge in [0, 0.05) is 23.6 Å². The molecule has 0 saturated heterocycles. The van der Waals surface area contributed by atoms with Gasteiger partial charge in [-0.2, -0.15) is 0 Å². The molecular formula is C17H15N3. The van der Waals surface area contributed by atoms with E-state index in [1.807, 2.05) is 54.9 Å². The highest BCUT2D eigenvalue weighted by atomic mass is 15.1. The highest BCUT2D eigenvalue weighted by Gasteiger charge is 2.00. The first-order chi connectivity index (χ1) is 9.81. The molecule has 3 aromatic rings. The molecule has 0 fully saturated rings. The Kier molecular flexibility index (Phi) is 3.42. The van der Waals surface area contributed by atoms with E-state index in [1.165, 1.54) is 5.56 Å². The van der Waals surface area contributed by atoms with Crippen molar-refractivity contribution in [3.8, 4) is 11.1 Å². The molecule has 0 radical (unpaired) electrons. The fourth-order valence-corrected chi connectivity index (χ4v) is 1.94. The average molecular weight is 261 g/mol. The molecule has 0 aliphatic rings. The van der Waals surface area contributed by atoms with Crippen LogP contribution in [0.3, 0.4) is 0 Å². The summed E-state index contributed by atoms with van der Waals surface area (Å²) in [5.74, 6) is 0.605. The number of nitrogens with zero attached hydrogens (tertiary/aromatic N) is 2. The first-order valence-corrected chi connectivity index (χ1v) is 6.52. The van der Waals surface area contributed by atoms with Crippen LogP contribution in [0.15, 0.2) is 67.0 Å². The summed E-state index contributed by atoms with van der Waals surface area (Å²) in [6.07, 6.45) is 3.66. The van der Waals surface area contributed by atoms with Gasteiger partial charge in [0.15, 0.2) is 0 Å². The molecule has 1 N–H and O–H groups in total. The van der Waals surface area contributed by atoms with Crippen LogP contribution in [-0.2, 0) is 0 Å². The number of hydrogen-bond acceptors (Lipinski definition) is 3. The zero-order valence-corrected chi connectivity index (χ0v) is 11.2. The van der Waals surface area contributed by atoms with Gasteiger partial charge in [-0.3, -0.25) is 0 Å². The largest absolute Gasteiger partial charge is 0.324 e. The second-order valence-corrected chi connectivity index (χ2v) is 4.65. The van der Waals surface area contributed by atoms with Crippen LogP contribution in [0.4, 0.5) is 11.6 Å². The topological polar surface area (TPSA) is 37.8 Å². The average Bonchev–Trinajstić information content (AvgIpc) is 2.51. The number of aromatic nitrogens is 2. The van der Waals surface area contributed by atoms with Gasteiger partial charge >= 0.3 is 0 Å². The Morgan fingerprint density at radius 1 is 0.750 bits per heavy atom. The Hall–Kier alpha value is -2.68. The van der Waals surface area contributed by atoms with Gasteiger partial charge in [-0.1, -0.05) is 48.0 Å². The lowest BCUT2D eigenvalue weighted by molar-refractivity contribution is 1.17. The SMILES string of the molecule is Cc1ccc(Nc2ncc(-c3ccccc3)cn2)cc1. The van der Waals surface area contributed by atoms with Crippen molar-refractivity contribution in [3.63, 3.8) is 0 Å². The molecule has 0 unspecified atom stereocenters. The third-order valence-corrected chi connectivity index (χ3v) is 3.07. The molecule has 0 bridgehead atoms. The molecule has 3 nitrogen and oxygen atoms in total. The maximum atomic E-state index is 4.35. The number of hydrogen-bond donors (Lipinski definition) is 1. The number of benzene rings is 2. The number of aryl methyl sites for hydroxylation is 1. The van der Waals surface area contributed by atoms with Gasteiger partial charge in [0.2, 0.25) is 5.95 Å². The molecular weight excluding hydrogens is 246 g/mol. The van der Waals surface area contributed by atoms with Crippen LogP contribution in [0, 0.1) is 6.92 Å². The molecule has 1 heterocycles. The first kappa shape index (κ1) is 12.4. The fourth-order valence-electron chi connectivity index (χ4n) is 1.94. The highest BCUT2D eigenvalue weighted by Crippen LogP contribution is 2.18. The van der Waals surface area contributed by atoms with E-state index in [9.17, 15) is 0 Å². The zero-order valence-electron chi connectivity index (χ0n) is 11.2. The molecule has 0 atom stereocenters. The summed E-state index contributed by atoms with van der Waals surface area (Å²) >= 11 is 0. The van der Waals surface area contributed by atoms with Gasteiger partial charge in [-0.05, 0) is 24.6 Å². The summed E-state index contributed by atoms with van der Waals surface area (Å²) in [6, 6.07) is 18.3. The molecule has 3 heteroatoms. The smallest absolute Gasteiger partial charge is 0.227 e. The van der Waals surface area contributed by atoms with Gasteiger partial charge < -0.3 is 5.32 Å². The van der Waals surface area contributed by atoms with Crippen molar-refractivity contribution < 1.29 is 0 Å². The summed E-state index contributed by atoms with van der Waals surface area (Å²) in [5.41, 5.74) is 4.35. The Morgan fingerprint density at radius 2 is 1.40 bits per heavy atom. The van der Waals surface area contributed by atoms with Crippen LogP contribution in [-0.4, -0.2) is 9.97 Å². The number of anilines is 2. The van der Waals surface area contributed by atoms with Crippen LogP contribution in [0.2, 0.25) is 0 Å². The van der Waals surface area contributed by atoms with Crippen molar-refractivity contribution in [1.29, 1.82) is 0 Å². The molecule has 98 valence electrons. The second-order valence-electron chi connectivity index (χ2n) is 4.65. The van der Waals surface area contributed by atoms with Crippen molar-refractivity contribution >= 4 is 11.6 Å². The monoisotopic (exact) mass is 261 g/mol. The van der Waals surface area contributed by atoms with Crippen molar-refractivity contribution in [1.82, 2.24) is 9.97 Å². The Morgan fingerprint density at radius 3 is 2.05 bits per heavy atom. The van der Waals surface area contributed by atoms with E-state index in [1.54, 1.807) is 0 Å². The van der Waals surface area contributed by atoms with Gasteiger partial charge in [-0.25, -0.2) is 9.97 Å². The third kappa shape index (κ3) is 2.83. The van der Waals surface area contributed by atoms with Crippen molar-refractivity contribution in [2.45, 2.75) is 6.92 Å². The van der Waals surface area contributed by atoms with Crippen LogP contribution in [0.5, 0.6) is 0 Å². The Labute approximate surface area is 118 Å². The lowest BCUT2D eigenvalue weighted by atomic mass is 10.1. The lowest BCUT2D eigenvalue weighted by Crippen LogP contribution is -1.96. The van der Waals surface area contributed by atoms with E-state index in [-0.39, 0.29) is 0 Å². The van der Waals surface area contributed by atoms with E-state index >= 15 is 0 Å². The molecule has 0 aliphatic heterocycles. The van der Waals surface area contributed by atoms with E-state index in [2.05, 4.69) is 34.3 Å². The van der Waals surface area contributed by atoms with Crippen LogP contribution in [0.1, 0.15) is 5.56 Å². The van der Waals surface area contributed by atoms with E-state index < -0.39 is 0 Å². The number of rotatable bonds is 3. The normalized spacial score (nSPS) is 10.2. The standard InChI is InChI=1S/C17H15N3/c1-13-7-9-16(10-8-13)20-17-18-11-15(12-19-17)14-5-3-2-4-6-14/h2-12H,1H3,(H,18,19,20). The highest BCUT2D eigenvalue weighted by molar-refractivity contribution is 5.62. The first-order valence-electron chi connectivity index (χ1n) is 6.52. The number of nitrogens with one attached hydrogen (secondary N) is 1. The minimum Gasteiger partial charge on any atom is -0.324 e. The maximum Gasteiger partial charge on any atom is 0.227 e. The Balaban J connectivity index is 1.78. The van der Waals surface area contributed by atoms with Crippen molar-refractivity contribution in [2.75, 3.05) is 5.32 Å². The summed E-state index contributed by atoms with van der Waals surface area (Å²) in [6.45, 7) is 2.06. The lowest BCUT2D eigenvalue weighted by Gasteiger charge is -2.06. The minimum absolute atomic E-state index is 0.605. The van der Waals surface area contributed by atoms with E-state index in [0.29, 0.717) is 5.95 Å². The van der Waals surface area contributed by atoms with Gasteiger partial charge in [0.1, 0.15) is 0 Å². The van der Waals surface area contributed by atoms with Crippen LogP contribution < -0.4 is 5.32 Å². The molecule has 20 heavy (non-hydrogen) atoms. The second kappa shape index (κ2) is 5.53. The van der Waals surface area contributed by atoms with Gasteiger partial charge in [0.25, 0.3) is 0 Å². The van der Waals surface area contributed by atoms with Crippen molar-refractivity contribution in [2.24, 2.45) is 0 Å². The summed E-state index contributed by atoms with van der Waals surface area (Å²) in [5, 5.41) is 3.19. The molecule has 2 aromatic carbocycles. The predicted molar refractivity (Wildman–Crippen MR) is 81.9 cm³/mol. The summed E-state index contributed by atoms with van der Waals surface area (Å²) in [7, 11) is 0. The molecule has 0 amide bonds. The van der Waals surface area contributed by atoms with Gasteiger partial charge in [0.05, 0.1) is 0 Å². The Bertz CT molecular complexity index is 674. The van der Waals surface area contributed by atoms with E-state index in [0.717, 1.165) is 16.8 Å². The summed E-state index contributed by atoms with van der Waals surface area (Å²) in [4.78, 5) is 8.70. The molecule has 0 aliphatic carbocycles.